The summed E-state index contributed by atoms with van der Waals surface area (Å²) in [4.78, 5) is 0. The Morgan fingerprint density at radius 3 is 2.35 bits per heavy atom. The number of anilines is 1. The second-order valence-corrected chi connectivity index (χ2v) is 8.02. The summed E-state index contributed by atoms with van der Waals surface area (Å²) in [7, 11) is -3.26. The minimum Gasteiger partial charge on any atom is -0.494 e. The molecule has 0 saturated carbocycles. The first-order valence-electron chi connectivity index (χ1n) is 8.84. The SMILES string of the molecule is CCOc1ccc2cc(-c3ccc(NS(=O)(=O)CC)cc3)n(CC)c2c1. The van der Waals surface area contributed by atoms with Crippen LogP contribution in [0.2, 0.25) is 0 Å². The Labute approximate surface area is 154 Å². The highest BCUT2D eigenvalue weighted by atomic mass is 32.2. The quantitative estimate of drug-likeness (QED) is 0.665. The molecule has 0 amide bonds. The Bertz CT molecular complexity index is 1010. The molecule has 1 aromatic heterocycles. The van der Waals surface area contributed by atoms with Crippen molar-refractivity contribution in [3.05, 3.63) is 48.5 Å². The van der Waals surface area contributed by atoms with Crippen molar-refractivity contribution in [3.63, 3.8) is 0 Å². The number of sulfonamides is 1. The van der Waals surface area contributed by atoms with E-state index < -0.39 is 10.0 Å². The molecule has 0 aliphatic rings. The number of rotatable bonds is 7. The Balaban J connectivity index is 1.99. The number of fused-ring (bicyclic) bond motifs is 1. The summed E-state index contributed by atoms with van der Waals surface area (Å²) in [5, 5.41) is 1.15. The normalized spacial score (nSPS) is 11.7. The molecule has 0 atom stereocenters. The van der Waals surface area contributed by atoms with Gasteiger partial charge < -0.3 is 9.30 Å². The minimum absolute atomic E-state index is 0.0565. The lowest BCUT2D eigenvalue weighted by molar-refractivity contribution is 0.340. The fraction of sp³-hybridized carbons (Fsp3) is 0.300. The van der Waals surface area contributed by atoms with Gasteiger partial charge in [-0.05, 0) is 56.7 Å². The third kappa shape index (κ3) is 3.70. The summed E-state index contributed by atoms with van der Waals surface area (Å²) in [5.74, 6) is 0.921. The predicted octanol–water partition coefficient (Wildman–Crippen LogP) is 4.49. The molecule has 2 aromatic carbocycles. The first-order chi connectivity index (χ1) is 12.5. The first-order valence-corrected chi connectivity index (χ1v) is 10.5. The van der Waals surface area contributed by atoms with Gasteiger partial charge in [0.2, 0.25) is 10.0 Å². The number of hydrogen-bond donors (Lipinski definition) is 1. The number of hydrogen-bond acceptors (Lipinski definition) is 3. The van der Waals surface area contributed by atoms with Crippen molar-refractivity contribution < 1.29 is 13.2 Å². The molecule has 0 unspecified atom stereocenters. The lowest BCUT2D eigenvalue weighted by Crippen LogP contribution is -2.14. The predicted molar refractivity (Wildman–Crippen MR) is 107 cm³/mol. The van der Waals surface area contributed by atoms with Gasteiger partial charge in [-0.15, -0.1) is 0 Å². The zero-order chi connectivity index (χ0) is 18.7. The zero-order valence-electron chi connectivity index (χ0n) is 15.3. The van der Waals surface area contributed by atoms with E-state index in [2.05, 4.69) is 34.4 Å². The van der Waals surface area contributed by atoms with E-state index in [-0.39, 0.29) is 5.75 Å². The fourth-order valence-corrected chi connectivity index (χ4v) is 3.67. The van der Waals surface area contributed by atoms with E-state index in [0.29, 0.717) is 12.3 Å². The Morgan fingerprint density at radius 2 is 1.73 bits per heavy atom. The summed E-state index contributed by atoms with van der Waals surface area (Å²) in [6, 6.07) is 15.7. The fourth-order valence-electron chi connectivity index (χ4n) is 3.03. The van der Waals surface area contributed by atoms with E-state index in [1.165, 1.54) is 0 Å². The third-order valence-electron chi connectivity index (χ3n) is 4.34. The second kappa shape index (κ2) is 7.41. The minimum atomic E-state index is -3.26. The highest BCUT2D eigenvalue weighted by Gasteiger charge is 2.12. The molecule has 5 nitrogen and oxygen atoms in total. The van der Waals surface area contributed by atoms with E-state index in [1.807, 2.05) is 25.1 Å². The average Bonchev–Trinajstić information content (AvgIpc) is 3.00. The molecule has 0 radical (unpaired) electrons. The van der Waals surface area contributed by atoms with Crippen molar-refractivity contribution in [2.75, 3.05) is 17.1 Å². The number of ether oxygens (including phenoxy) is 1. The number of nitrogens with one attached hydrogen (secondary N) is 1. The summed E-state index contributed by atoms with van der Waals surface area (Å²) >= 11 is 0. The summed E-state index contributed by atoms with van der Waals surface area (Å²) in [6.45, 7) is 7.18. The maximum atomic E-state index is 11.7. The van der Waals surface area contributed by atoms with Crippen molar-refractivity contribution in [3.8, 4) is 17.0 Å². The molecule has 3 aromatic rings. The van der Waals surface area contributed by atoms with Crippen molar-refractivity contribution in [2.24, 2.45) is 0 Å². The second-order valence-electron chi connectivity index (χ2n) is 6.01. The number of benzene rings is 2. The lowest BCUT2D eigenvalue weighted by atomic mass is 10.1. The molecule has 0 aliphatic heterocycles. The van der Waals surface area contributed by atoms with Crippen LogP contribution in [-0.2, 0) is 16.6 Å². The summed E-state index contributed by atoms with van der Waals surface area (Å²) in [6.07, 6.45) is 0. The van der Waals surface area contributed by atoms with Crippen LogP contribution in [0.4, 0.5) is 5.69 Å². The van der Waals surface area contributed by atoms with E-state index in [4.69, 9.17) is 4.74 Å². The van der Waals surface area contributed by atoms with Crippen molar-refractivity contribution in [1.29, 1.82) is 0 Å². The maximum Gasteiger partial charge on any atom is 0.232 e. The zero-order valence-corrected chi connectivity index (χ0v) is 16.1. The van der Waals surface area contributed by atoms with E-state index in [1.54, 1.807) is 19.1 Å². The van der Waals surface area contributed by atoms with Crippen LogP contribution in [0.1, 0.15) is 20.8 Å². The van der Waals surface area contributed by atoms with Crippen LogP contribution in [0.3, 0.4) is 0 Å². The topological polar surface area (TPSA) is 60.3 Å². The molecule has 0 spiro atoms. The molecule has 1 N–H and O–H groups in total. The Hall–Kier alpha value is -2.47. The van der Waals surface area contributed by atoms with Gasteiger partial charge in [-0.3, -0.25) is 4.72 Å². The third-order valence-corrected chi connectivity index (χ3v) is 5.64. The van der Waals surface area contributed by atoms with Crippen LogP contribution in [-0.4, -0.2) is 25.3 Å². The van der Waals surface area contributed by atoms with Gasteiger partial charge in [0.05, 0.1) is 17.9 Å². The Kier molecular flexibility index (Phi) is 5.23. The van der Waals surface area contributed by atoms with E-state index in [9.17, 15) is 8.42 Å². The van der Waals surface area contributed by atoms with E-state index >= 15 is 0 Å². The van der Waals surface area contributed by atoms with Crippen LogP contribution < -0.4 is 9.46 Å². The van der Waals surface area contributed by atoms with Gasteiger partial charge >= 0.3 is 0 Å². The molecule has 6 heteroatoms. The molecule has 0 fully saturated rings. The van der Waals surface area contributed by atoms with Gasteiger partial charge in [-0.2, -0.15) is 0 Å². The van der Waals surface area contributed by atoms with Crippen LogP contribution >= 0.6 is 0 Å². The maximum absolute atomic E-state index is 11.7. The van der Waals surface area contributed by atoms with Crippen molar-refractivity contribution in [2.45, 2.75) is 27.3 Å². The number of aryl methyl sites for hydroxylation is 1. The van der Waals surface area contributed by atoms with Gasteiger partial charge in [0.1, 0.15) is 5.75 Å². The van der Waals surface area contributed by atoms with Gasteiger partial charge in [0.25, 0.3) is 0 Å². The molecular weight excluding hydrogens is 348 g/mol. The van der Waals surface area contributed by atoms with Gasteiger partial charge in [0.15, 0.2) is 0 Å². The lowest BCUT2D eigenvalue weighted by Gasteiger charge is -2.10. The van der Waals surface area contributed by atoms with Gasteiger partial charge in [-0.1, -0.05) is 12.1 Å². The highest BCUT2D eigenvalue weighted by Crippen LogP contribution is 2.31. The van der Waals surface area contributed by atoms with E-state index in [0.717, 1.165) is 34.5 Å². The molecule has 26 heavy (non-hydrogen) atoms. The molecule has 0 bridgehead atoms. The van der Waals surface area contributed by atoms with Gasteiger partial charge in [0, 0.05) is 29.4 Å². The number of nitrogens with zero attached hydrogens (tertiary/aromatic N) is 1. The molecule has 0 saturated heterocycles. The number of aromatic nitrogens is 1. The smallest absolute Gasteiger partial charge is 0.232 e. The summed E-state index contributed by atoms with van der Waals surface area (Å²) < 4.78 is 33.8. The van der Waals surface area contributed by atoms with Gasteiger partial charge in [-0.25, -0.2) is 8.42 Å². The molecule has 0 aliphatic carbocycles. The van der Waals surface area contributed by atoms with Crippen LogP contribution in [0.5, 0.6) is 5.75 Å². The molecular formula is C20H24N2O3S. The highest BCUT2D eigenvalue weighted by molar-refractivity contribution is 7.92. The van der Waals surface area contributed by atoms with Crippen LogP contribution in [0.15, 0.2) is 48.5 Å². The largest absolute Gasteiger partial charge is 0.494 e. The monoisotopic (exact) mass is 372 g/mol. The van der Waals surface area contributed by atoms with Crippen LogP contribution in [0, 0.1) is 0 Å². The summed E-state index contributed by atoms with van der Waals surface area (Å²) in [5.41, 5.74) is 3.85. The van der Waals surface area contributed by atoms with Crippen molar-refractivity contribution >= 4 is 26.6 Å². The average molecular weight is 372 g/mol. The Morgan fingerprint density at radius 1 is 1.00 bits per heavy atom. The van der Waals surface area contributed by atoms with Crippen LogP contribution in [0.25, 0.3) is 22.2 Å². The first kappa shape index (κ1) is 18.3. The molecule has 3 rings (SSSR count). The standard InChI is InChI=1S/C20H24N2O3S/c1-4-22-19(13-16-9-12-18(25-5-2)14-20(16)22)15-7-10-17(11-8-15)21-26(23,24)6-3/h7-14,21H,4-6H2,1-3H3. The molecule has 1 heterocycles. The molecule has 138 valence electrons. The van der Waals surface area contributed by atoms with Crippen molar-refractivity contribution in [1.82, 2.24) is 4.57 Å².